The summed E-state index contributed by atoms with van der Waals surface area (Å²) in [5.41, 5.74) is 2.81. The van der Waals surface area contributed by atoms with Gasteiger partial charge in [0.05, 0.1) is 11.9 Å². The Morgan fingerprint density at radius 2 is 2.10 bits per heavy atom. The highest BCUT2D eigenvalue weighted by Gasteiger charge is 2.21. The van der Waals surface area contributed by atoms with Gasteiger partial charge in [0.2, 0.25) is 0 Å². The van der Waals surface area contributed by atoms with E-state index in [0.717, 1.165) is 36.4 Å². The van der Waals surface area contributed by atoms with Gasteiger partial charge in [-0.2, -0.15) is 5.10 Å². The second-order valence-corrected chi connectivity index (χ2v) is 5.62. The molecular weight excluding hydrogens is 264 g/mol. The largest absolute Gasteiger partial charge is 0.336 e. The summed E-state index contributed by atoms with van der Waals surface area (Å²) in [6.07, 6.45) is 3.79. The molecule has 1 atom stereocenters. The molecule has 1 aliphatic heterocycles. The maximum atomic E-state index is 12.5. The molecule has 3 rings (SSSR count). The molecule has 1 N–H and O–H groups in total. The van der Waals surface area contributed by atoms with Crippen molar-refractivity contribution in [1.29, 1.82) is 0 Å². The van der Waals surface area contributed by atoms with Crippen LogP contribution in [-0.4, -0.2) is 46.3 Å². The van der Waals surface area contributed by atoms with E-state index in [-0.39, 0.29) is 5.91 Å². The van der Waals surface area contributed by atoms with Gasteiger partial charge in [-0.25, -0.2) is 4.68 Å². The first-order valence-corrected chi connectivity index (χ1v) is 7.28. The van der Waals surface area contributed by atoms with Crippen LogP contribution in [0.2, 0.25) is 0 Å². The van der Waals surface area contributed by atoms with Gasteiger partial charge in [-0.05, 0) is 43.7 Å². The Balaban J connectivity index is 1.76. The number of aromatic nitrogens is 2. The van der Waals surface area contributed by atoms with Crippen LogP contribution in [0.3, 0.4) is 0 Å². The molecule has 1 amide bonds. The summed E-state index contributed by atoms with van der Waals surface area (Å²) in [6, 6.07) is 7.98. The van der Waals surface area contributed by atoms with Crippen molar-refractivity contribution in [3.8, 4) is 5.69 Å². The second kappa shape index (κ2) is 5.69. The highest BCUT2D eigenvalue weighted by molar-refractivity contribution is 5.94. The van der Waals surface area contributed by atoms with E-state index >= 15 is 0 Å². The van der Waals surface area contributed by atoms with Crippen molar-refractivity contribution in [2.45, 2.75) is 19.9 Å². The molecular formula is C16H20N4O. The van der Waals surface area contributed by atoms with Crippen molar-refractivity contribution in [1.82, 2.24) is 20.0 Å². The van der Waals surface area contributed by atoms with Crippen molar-refractivity contribution < 1.29 is 4.79 Å². The van der Waals surface area contributed by atoms with E-state index in [1.807, 2.05) is 53.2 Å². The fourth-order valence-corrected chi connectivity index (χ4v) is 2.61. The van der Waals surface area contributed by atoms with Crippen molar-refractivity contribution in [3.05, 3.63) is 47.8 Å². The van der Waals surface area contributed by atoms with Crippen LogP contribution < -0.4 is 5.32 Å². The lowest BCUT2D eigenvalue weighted by Gasteiger charge is -2.32. The Bertz CT molecular complexity index is 632. The number of nitrogens with one attached hydrogen (secondary N) is 1. The molecule has 0 spiro atoms. The Hall–Kier alpha value is -2.14. The quantitative estimate of drug-likeness (QED) is 0.911. The zero-order valence-electron chi connectivity index (χ0n) is 12.4. The second-order valence-electron chi connectivity index (χ2n) is 5.62. The van der Waals surface area contributed by atoms with Gasteiger partial charge in [0.1, 0.15) is 0 Å². The molecule has 2 aromatic rings. The van der Waals surface area contributed by atoms with Gasteiger partial charge in [-0.1, -0.05) is 0 Å². The summed E-state index contributed by atoms with van der Waals surface area (Å²) in [5, 5.41) is 7.62. The van der Waals surface area contributed by atoms with Crippen LogP contribution in [0.25, 0.3) is 5.69 Å². The van der Waals surface area contributed by atoms with E-state index in [9.17, 15) is 4.79 Å². The van der Waals surface area contributed by atoms with Crippen LogP contribution in [0.15, 0.2) is 36.7 Å². The Kier molecular flexibility index (Phi) is 3.75. The first kappa shape index (κ1) is 13.8. The van der Waals surface area contributed by atoms with Gasteiger partial charge < -0.3 is 10.2 Å². The van der Waals surface area contributed by atoms with Gasteiger partial charge in [-0.3, -0.25) is 4.79 Å². The number of carbonyl (C=O) groups is 1. The normalized spacial score (nSPS) is 18.8. The third kappa shape index (κ3) is 2.97. The summed E-state index contributed by atoms with van der Waals surface area (Å²) in [7, 11) is 0. The lowest BCUT2D eigenvalue weighted by molar-refractivity contribution is 0.0709. The summed E-state index contributed by atoms with van der Waals surface area (Å²) >= 11 is 0. The van der Waals surface area contributed by atoms with Crippen LogP contribution in [0.4, 0.5) is 0 Å². The van der Waals surface area contributed by atoms with E-state index in [1.54, 1.807) is 0 Å². The molecule has 1 fully saturated rings. The maximum Gasteiger partial charge on any atom is 0.253 e. The lowest BCUT2D eigenvalue weighted by Crippen LogP contribution is -2.51. The lowest BCUT2D eigenvalue weighted by atomic mass is 10.1. The van der Waals surface area contributed by atoms with Crippen molar-refractivity contribution in [2.24, 2.45) is 0 Å². The molecule has 1 aliphatic rings. The van der Waals surface area contributed by atoms with Crippen molar-refractivity contribution in [2.75, 3.05) is 19.6 Å². The molecule has 21 heavy (non-hydrogen) atoms. The van der Waals surface area contributed by atoms with Gasteiger partial charge in [-0.15, -0.1) is 0 Å². The zero-order valence-corrected chi connectivity index (χ0v) is 12.4. The summed E-state index contributed by atoms with van der Waals surface area (Å²) < 4.78 is 1.82. The Morgan fingerprint density at radius 3 is 2.71 bits per heavy atom. The minimum absolute atomic E-state index is 0.103. The monoisotopic (exact) mass is 284 g/mol. The molecule has 1 aromatic carbocycles. The van der Waals surface area contributed by atoms with Gasteiger partial charge in [0, 0.05) is 37.4 Å². The predicted molar refractivity (Wildman–Crippen MR) is 81.7 cm³/mol. The van der Waals surface area contributed by atoms with Crippen molar-refractivity contribution in [3.63, 3.8) is 0 Å². The topological polar surface area (TPSA) is 50.2 Å². The SMILES string of the molecule is Cc1cnn(-c2ccc(C(=O)N3CCNC(C)C3)cc2)c1. The first-order valence-electron chi connectivity index (χ1n) is 7.28. The van der Waals surface area contributed by atoms with Gasteiger partial charge in [0.25, 0.3) is 5.91 Å². The third-order valence-corrected chi connectivity index (χ3v) is 3.75. The molecule has 0 bridgehead atoms. The number of aryl methyl sites for hydroxylation is 1. The Labute approximate surface area is 124 Å². The zero-order chi connectivity index (χ0) is 14.8. The van der Waals surface area contributed by atoms with Crippen molar-refractivity contribution >= 4 is 5.91 Å². The molecule has 5 nitrogen and oxygen atoms in total. The number of amides is 1. The van der Waals surface area contributed by atoms with E-state index in [0.29, 0.717) is 6.04 Å². The number of nitrogens with zero attached hydrogens (tertiary/aromatic N) is 3. The average Bonchev–Trinajstić information content (AvgIpc) is 2.93. The maximum absolute atomic E-state index is 12.5. The first-order chi connectivity index (χ1) is 10.1. The summed E-state index contributed by atoms with van der Waals surface area (Å²) in [4.78, 5) is 14.4. The van der Waals surface area contributed by atoms with E-state index in [1.165, 1.54) is 0 Å². The minimum Gasteiger partial charge on any atom is -0.336 e. The molecule has 2 heterocycles. The molecule has 0 saturated carbocycles. The number of piperazine rings is 1. The minimum atomic E-state index is 0.103. The number of hydrogen-bond donors (Lipinski definition) is 1. The molecule has 1 saturated heterocycles. The van der Waals surface area contributed by atoms with E-state index < -0.39 is 0 Å². The van der Waals surface area contributed by atoms with Crippen LogP contribution >= 0.6 is 0 Å². The third-order valence-electron chi connectivity index (χ3n) is 3.75. The molecule has 5 heteroatoms. The van der Waals surface area contributed by atoms with Gasteiger partial charge in [0.15, 0.2) is 0 Å². The van der Waals surface area contributed by atoms with Crippen LogP contribution in [0, 0.1) is 6.92 Å². The van der Waals surface area contributed by atoms with E-state index in [2.05, 4.69) is 17.3 Å². The smallest absolute Gasteiger partial charge is 0.253 e. The van der Waals surface area contributed by atoms with Crippen LogP contribution in [-0.2, 0) is 0 Å². The van der Waals surface area contributed by atoms with Crippen LogP contribution in [0.1, 0.15) is 22.8 Å². The molecule has 1 aromatic heterocycles. The summed E-state index contributed by atoms with van der Waals surface area (Å²) in [6.45, 7) is 6.50. The molecule has 0 radical (unpaired) electrons. The fourth-order valence-electron chi connectivity index (χ4n) is 2.61. The highest BCUT2D eigenvalue weighted by atomic mass is 16.2. The fraction of sp³-hybridized carbons (Fsp3) is 0.375. The molecule has 110 valence electrons. The summed E-state index contributed by atoms with van der Waals surface area (Å²) in [5.74, 6) is 0.103. The molecule has 0 aliphatic carbocycles. The Morgan fingerprint density at radius 1 is 1.33 bits per heavy atom. The number of hydrogen-bond acceptors (Lipinski definition) is 3. The highest BCUT2D eigenvalue weighted by Crippen LogP contribution is 2.13. The van der Waals surface area contributed by atoms with Crippen LogP contribution in [0.5, 0.6) is 0 Å². The van der Waals surface area contributed by atoms with E-state index in [4.69, 9.17) is 0 Å². The average molecular weight is 284 g/mol. The predicted octanol–water partition coefficient (Wildman–Crippen LogP) is 1.61. The van der Waals surface area contributed by atoms with Gasteiger partial charge >= 0.3 is 0 Å². The molecule has 1 unspecified atom stereocenters. The number of rotatable bonds is 2. The standard InChI is InChI=1S/C16H20N4O/c1-12-9-18-20(10-12)15-5-3-14(4-6-15)16(21)19-8-7-17-13(2)11-19/h3-6,9-10,13,17H,7-8,11H2,1-2H3. The number of carbonyl (C=O) groups excluding carboxylic acids is 1. The number of benzene rings is 1.